The van der Waals surface area contributed by atoms with Gasteiger partial charge in [0.15, 0.2) is 22.5 Å². The minimum atomic E-state index is -0.600. The third-order valence-electron chi connectivity index (χ3n) is 4.32. The Labute approximate surface area is 150 Å². The smallest absolute Gasteiger partial charge is 0.267 e. The van der Waals surface area contributed by atoms with Gasteiger partial charge in [0.2, 0.25) is 6.10 Å². The lowest BCUT2D eigenvalue weighted by Gasteiger charge is -2.37. The molecule has 0 saturated carbocycles. The molecule has 1 aromatic heterocycles. The normalized spacial score (nSPS) is 19.6. The van der Waals surface area contributed by atoms with Gasteiger partial charge in [-0.25, -0.2) is 0 Å². The molecule has 1 saturated heterocycles. The number of fused-ring (bicyclic) bond motifs is 1. The molecule has 1 aromatic carbocycles. The molecule has 130 valence electrons. The zero-order valence-electron chi connectivity index (χ0n) is 13.5. The molecular weight excluding hydrogens is 344 g/mol. The number of halogens is 1. The number of piperazine rings is 1. The van der Waals surface area contributed by atoms with E-state index >= 15 is 0 Å². The maximum Gasteiger partial charge on any atom is 0.267 e. The van der Waals surface area contributed by atoms with Crippen molar-refractivity contribution in [3.05, 3.63) is 41.6 Å². The highest BCUT2D eigenvalue weighted by Gasteiger charge is 2.32. The summed E-state index contributed by atoms with van der Waals surface area (Å²) in [5, 5.41) is 8.31. The van der Waals surface area contributed by atoms with Crippen molar-refractivity contribution in [2.24, 2.45) is 0 Å². The number of anilines is 1. The third-order valence-corrected chi connectivity index (χ3v) is 4.52. The Kier molecular flexibility index (Phi) is 4.31. The third kappa shape index (κ3) is 3.32. The Bertz CT molecular complexity index is 763. The van der Waals surface area contributed by atoms with E-state index in [0.717, 1.165) is 5.82 Å². The van der Waals surface area contributed by atoms with Crippen LogP contribution >= 0.6 is 11.6 Å². The van der Waals surface area contributed by atoms with Crippen LogP contribution in [-0.2, 0) is 4.79 Å². The van der Waals surface area contributed by atoms with Gasteiger partial charge in [-0.1, -0.05) is 23.7 Å². The number of carbonyl (C=O) groups excluding carboxylic acids is 1. The first-order valence-corrected chi connectivity index (χ1v) is 8.50. The van der Waals surface area contributed by atoms with Crippen LogP contribution in [0.2, 0.25) is 5.15 Å². The van der Waals surface area contributed by atoms with E-state index in [0.29, 0.717) is 42.8 Å². The molecule has 0 N–H and O–H groups in total. The summed E-state index contributed by atoms with van der Waals surface area (Å²) in [5.41, 5.74) is 0. The van der Waals surface area contributed by atoms with Crippen molar-refractivity contribution < 1.29 is 14.3 Å². The summed E-state index contributed by atoms with van der Waals surface area (Å²) in [6.45, 7) is 2.81. The second kappa shape index (κ2) is 6.76. The second-order valence-electron chi connectivity index (χ2n) is 5.89. The van der Waals surface area contributed by atoms with Crippen LogP contribution in [0.5, 0.6) is 11.5 Å². The highest BCUT2D eigenvalue weighted by atomic mass is 35.5. The average Bonchev–Trinajstić information content (AvgIpc) is 2.68. The van der Waals surface area contributed by atoms with E-state index in [-0.39, 0.29) is 12.5 Å². The highest BCUT2D eigenvalue weighted by Crippen LogP contribution is 2.31. The molecule has 25 heavy (non-hydrogen) atoms. The molecule has 0 bridgehead atoms. The molecule has 4 rings (SSSR count). The Hall–Kier alpha value is -2.54. The van der Waals surface area contributed by atoms with Gasteiger partial charge in [0.05, 0.1) is 0 Å². The van der Waals surface area contributed by atoms with E-state index in [1.165, 1.54) is 0 Å². The number of hydrogen-bond donors (Lipinski definition) is 0. The standard InChI is InChI=1S/C17H17ClN4O3/c18-15-5-6-16(20-19-15)21-7-9-22(10-8-21)17(23)14-11-24-12-3-1-2-4-13(12)25-14/h1-6,14H,7-11H2. The van der Waals surface area contributed by atoms with Gasteiger partial charge in [0.25, 0.3) is 5.91 Å². The lowest BCUT2D eigenvalue weighted by molar-refractivity contribution is -0.141. The zero-order valence-corrected chi connectivity index (χ0v) is 14.2. The van der Waals surface area contributed by atoms with Crippen LogP contribution in [0.25, 0.3) is 0 Å². The molecule has 2 aliphatic heterocycles. The Morgan fingerprint density at radius 3 is 2.52 bits per heavy atom. The maximum atomic E-state index is 12.7. The quantitative estimate of drug-likeness (QED) is 0.810. The number of amides is 1. The fourth-order valence-corrected chi connectivity index (χ4v) is 3.08. The molecule has 2 aromatic rings. The molecule has 2 aliphatic rings. The molecule has 7 nitrogen and oxygen atoms in total. The van der Waals surface area contributed by atoms with E-state index in [9.17, 15) is 4.79 Å². The number of carbonyl (C=O) groups is 1. The number of hydrogen-bond acceptors (Lipinski definition) is 6. The molecule has 0 aliphatic carbocycles. The summed E-state index contributed by atoms with van der Waals surface area (Å²) in [6, 6.07) is 10.9. The number of benzene rings is 1. The van der Waals surface area contributed by atoms with E-state index in [4.69, 9.17) is 21.1 Å². The topological polar surface area (TPSA) is 67.8 Å². The van der Waals surface area contributed by atoms with Crippen LogP contribution in [0.15, 0.2) is 36.4 Å². The van der Waals surface area contributed by atoms with Crippen LogP contribution in [0.4, 0.5) is 5.82 Å². The van der Waals surface area contributed by atoms with E-state index in [2.05, 4.69) is 15.1 Å². The summed E-state index contributed by atoms with van der Waals surface area (Å²) >= 11 is 5.77. The molecule has 8 heteroatoms. The van der Waals surface area contributed by atoms with E-state index in [1.807, 2.05) is 35.2 Å². The second-order valence-corrected chi connectivity index (χ2v) is 6.28. The number of para-hydroxylation sites is 2. The van der Waals surface area contributed by atoms with Gasteiger partial charge in [-0.2, -0.15) is 0 Å². The van der Waals surface area contributed by atoms with Crippen molar-refractivity contribution in [1.29, 1.82) is 0 Å². The van der Waals surface area contributed by atoms with Crippen LogP contribution in [0, 0.1) is 0 Å². The molecule has 1 unspecified atom stereocenters. The van der Waals surface area contributed by atoms with Crippen molar-refractivity contribution in [2.75, 3.05) is 37.7 Å². The fraction of sp³-hybridized carbons (Fsp3) is 0.353. The molecule has 1 amide bonds. The van der Waals surface area contributed by atoms with Crippen molar-refractivity contribution in [1.82, 2.24) is 15.1 Å². The summed E-state index contributed by atoms with van der Waals surface area (Å²) in [7, 11) is 0. The van der Waals surface area contributed by atoms with Crippen molar-refractivity contribution in [3.8, 4) is 11.5 Å². The molecular formula is C17H17ClN4O3. The van der Waals surface area contributed by atoms with Crippen molar-refractivity contribution in [2.45, 2.75) is 6.10 Å². The number of ether oxygens (including phenoxy) is 2. The Balaban J connectivity index is 1.36. The number of nitrogens with zero attached hydrogens (tertiary/aromatic N) is 4. The average molecular weight is 361 g/mol. The fourth-order valence-electron chi connectivity index (χ4n) is 2.98. The molecule has 0 radical (unpaired) electrons. The van der Waals surface area contributed by atoms with Crippen LogP contribution < -0.4 is 14.4 Å². The van der Waals surface area contributed by atoms with Crippen LogP contribution in [-0.4, -0.2) is 59.9 Å². The van der Waals surface area contributed by atoms with Gasteiger partial charge in [-0.3, -0.25) is 4.79 Å². The van der Waals surface area contributed by atoms with Gasteiger partial charge in [0.1, 0.15) is 6.61 Å². The first-order valence-electron chi connectivity index (χ1n) is 8.12. The zero-order chi connectivity index (χ0) is 17.2. The van der Waals surface area contributed by atoms with Gasteiger partial charge >= 0.3 is 0 Å². The summed E-state index contributed by atoms with van der Waals surface area (Å²) in [4.78, 5) is 16.6. The first-order chi connectivity index (χ1) is 12.2. The SMILES string of the molecule is O=C(C1COc2ccccc2O1)N1CCN(c2ccc(Cl)nn2)CC1. The van der Waals surface area contributed by atoms with Gasteiger partial charge in [-0.05, 0) is 24.3 Å². The monoisotopic (exact) mass is 360 g/mol. The summed E-state index contributed by atoms with van der Waals surface area (Å²) in [6.07, 6.45) is -0.600. The van der Waals surface area contributed by atoms with Gasteiger partial charge in [0, 0.05) is 26.2 Å². The number of rotatable bonds is 2. The predicted molar refractivity (Wildman–Crippen MR) is 92.2 cm³/mol. The van der Waals surface area contributed by atoms with Gasteiger partial charge < -0.3 is 19.3 Å². The van der Waals surface area contributed by atoms with Crippen molar-refractivity contribution >= 4 is 23.3 Å². The highest BCUT2D eigenvalue weighted by molar-refractivity contribution is 6.29. The largest absolute Gasteiger partial charge is 0.485 e. The van der Waals surface area contributed by atoms with Crippen LogP contribution in [0.3, 0.4) is 0 Å². The lowest BCUT2D eigenvalue weighted by atomic mass is 10.2. The van der Waals surface area contributed by atoms with Crippen LogP contribution in [0.1, 0.15) is 0 Å². The summed E-state index contributed by atoms with van der Waals surface area (Å²) < 4.78 is 11.4. The lowest BCUT2D eigenvalue weighted by Crippen LogP contribution is -2.54. The van der Waals surface area contributed by atoms with Gasteiger partial charge in [-0.15, -0.1) is 10.2 Å². The maximum absolute atomic E-state index is 12.7. The first kappa shape index (κ1) is 16.0. The van der Waals surface area contributed by atoms with E-state index < -0.39 is 6.10 Å². The van der Waals surface area contributed by atoms with E-state index in [1.54, 1.807) is 6.07 Å². The molecule has 1 fully saturated rings. The number of aromatic nitrogens is 2. The predicted octanol–water partition coefficient (Wildman–Crippen LogP) is 1.62. The minimum Gasteiger partial charge on any atom is -0.485 e. The Morgan fingerprint density at radius 2 is 1.80 bits per heavy atom. The summed E-state index contributed by atoms with van der Waals surface area (Å²) in [5.74, 6) is 2.01. The van der Waals surface area contributed by atoms with Crippen molar-refractivity contribution in [3.63, 3.8) is 0 Å². The molecule has 3 heterocycles. The Morgan fingerprint density at radius 1 is 1.04 bits per heavy atom. The minimum absolute atomic E-state index is 0.0451. The molecule has 0 spiro atoms. The molecule has 1 atom stereocenters.